The van der Waals surface area contributed by atoms with Crippen LogP contribution in [0.15, 0.2) is 52.1 Å². The third kappa shape index (κ3) is 6.18. The van der Waals surface area contributed by atoms with Gasteiger partial charge >= 0.3 is 0 Å². The minimum absolute atomic E-state index is 0.00493. The molecule has 4 rings (SSSR count). The van der Waals surface area contributed by atoms with E-state index < -0.39 is 9.84 Å². The van der Waals surface area contributed by atoms with Crippen LogP contribution in [0.5, 0.6) is 0 Å². The van der Waals surface area contributed by atoms with E-state index in [1.807, 2.05) is 24.3 Å². The second-order valence-corrected chi connectivity index (χ2v) is 11.9. The van der Waals surface area contributed by atoms with E-state index in [9.17, 15) is 13.2 Å². The van der Waals surface area contributed by atoms with E-state index in [1.54, 1.807) is 18.4 Å². The molecule has 178 valence electrons. The number of nitrogens with one attached hydrogen (secondary N) is 2. The number of thioether (sulfide) groups is 1. The third-order valence-electron chi connectivity index (χ3n) is 6.05. The fraction of sp³-hybridized carbons (Fsp3) is 0.478. The number of hydrogen-bond donors (Lipinski definition) is 2. The van der Waals surface area contributed by atoms with Gasteiger partial charge in [0.15, 0.2) is 15.0 Å². The first kappa shape index (κ1) is 23.8. The molecule has 0 bridgehead atoms. The standard InChI is InChI=1S/C23H30N4O4S2/c1-3-16(2)27(13-19-5-4-12-31-19)11-10-24-22(28)17-6-8-18(9-7-17)25-23-26-20-14-33(29,30)15-21(20)32-23/h4-9,12,16,20-21H,3,10-11,13-15H2,1-2H3,(H,24,28)(H,25,26)/t16-,20-,21-/m0/s1. The number of anilines is 1. The Morgan fingerprint density at radius 2 is 2.06 bits per heavy atom. The summed E-state index contributed by atoms with van der Waals surface area (Å²) in [6, 6.07) is 11.3. The van der Waals surface area contributed by atoms with Crippen molar-refractivity contribution in [1.29, 1.82) is 0 Å². The fourth-order valence-corrected chi connectivity index (χ4v) is 7.65. The quantitative estimate of drug-likeness (QED) is 0.557. The van der Waals surface area contributed by atoms with Gasteiger partial charge in [-0.15, -0.1) is 0 Å². The monoisotopic (exact) mass is 490 g/mol. The molecule has 2 N–H and O–H groups in total. The number of benzene rings is 1. The van der Waals surface area contributed by atoms with Gasteiger partial charge in [-0.2, -0.15) is 0 Å². The molecule has 10 heteroatoms. The highest BCUT2D eigenvalue weighted by atomic mass is 32.2. The number of sulfone groups is 1. The summed E-state index contributed by atoms with van der Waals surface area (Å²) >= 11 is 1.48. The summed E-state index contributed by atoms with van der Waals surface area (Å²) < 4.78 is 28.9. The predicted molar refractivity (Wildman–Crippen MR) is 133 cm³/mol. The lowest BCUT2D eigenvalue weighted by atomic mass is 10.2. The van der Waals surface area contributed by atoms with Crippen molar-refractivity contribution in [3.8, 4) is 0 Å². The molecule has 0 aliphatic carbocycles. The molecular weight excluding hydrogens is 460 g/mol. The lowest BCUT2D eigenvalue weighted by molar-refractivity contribution is 0.0941. The first-order valence-electron chi connectivity index (χ1n) is 11.2. The summed E-state index contributed by atoms with van der Waals surface area (Å²) in [6.45, 7) is 6.32. The molecule has 0 saturated carbocycles. The lowest BCUT2D eigenvalue weighted by Crippen LogP contribution is -2.39. The second kappa shape index (κ2) is 10.3. The minimum atomic E-state index is -2.96. The van der Waals surface area contributed by atoms with Gasteiger partial charge in [-0.3, -0.25) is 14.7 Å². The Kier molecular flexibility index (Phi) is 7.45. The van der Waals surface area contributed by atoms with Crippen LogP contribution in [0.25, 0.3) is 0 Å². The summed E-state index contributed by atoms with van der Waals surface area (Å²) in [5.74, 6) is 1.12. The van der Waals surface area contributed by atoms with Crippen LogP contribution in [0.1, 0.15) is 36.4 Å². The van der Waals surface area contributed by atoms with Crippen LogP contribution < -0.4 is 10.6 Å². The number of amidine groups is 1. The number of rotatable bonds is 9. The fourth-order valence-electron chi connectivity index (χ4n) is 3.98. The predicted octanol–water partition coefficient (Wildman–Crippen LogP) is 2.99. The van der Waals surface area contributed by atoms with Gasteiger partial charge in [0.1, 0.15) is 5.76 Å². The number of amides is 1. The molecule has 0 unspecified atom stereocenters. The molecule has 1 fully saturated rings. The van der Waals surface area contributed by atoms with Crippen LogP contribution in [0.2, 0.25) is 0 Å². The average molecular weight is 491 g/mol. The smallest absolute Gasteiger partial charge is 0.251 e. The molecule has 0 spiro atoms. The minimum Gasteiger partial charge on any atom is -0.468 e. The molecule has 8 nitrogen and oxygen atoms in total. The van der Waals surface area contributed by atoms with Crippen molar-refractivity contribution in [3.05, 3.63) is 54.0 Å². The Morgan fingerprint density at radius 3 is 2.73 bits per heavy atom. The van der Waals surface area contributed by atoms with Gasteiger partial charge in [0.05, 0.1) is 30.4 Å². The van der Waals surface area contributed by atoms with Crippen molar-refractivity contribution < 1.29 is 17.6 Å². The molecule has 1 saturated heterocycles. The van der Waals surface area contributed by atoms with Crippen LogP contribution in [0.3, 0.4) is 0 Å². The number of fused-ring (bicyclic) bond motifs is 1. The van der Waals surface area contributed by atoms with Gasteiger partial charge in [0.2, 0.25) is 0 Å². The zero-order valence-electron chi connectivity index (χ0n) is 18.9. The maximum absolute atomic E-state index is 12.6. The van der Waals surface area contributed by atoms with Crippen LogP contribution in [0, 0.1) is 0 Å². The third-order valence-corrected chi connectivity index (χ3v) is 9.20. The molecule has 2 aromatic rings. The van der Waals surface area contributed by atoms with Crippen molar-refractivity contribution in [2.45, 2.75) is 44.1 Å². The van der Waals surface area contributed by atoms with Crippen LogP contribution in [-0.4, -0.2) is 66.3 Å². The Bertz CT molecular complexity index is 1080. The van der Waals surface area contributed by atoms with Gasteiger partial charge in [0, 0.05) is 35.6 Å². The Balaban J connectivity index is 1.26. The van der Waals surface area contributed by atoms with Crippen molar-refractivity contribution in [2.24, 2.45) is 4.99 Å². The maximum Gasteiger partial charge on any atom is 0.251 e. The number of carbonyl (C=O) groups is 1. The maximum atomic E-state index is 12.6. The van der Waals surface area contributed by atoms with Gasteiger partial charge in [0.25, 0.3) is 5.91 Å². The summed E-state index contributed by atoms with van der Waals surface area (Å²) in [4.78, 5) is 19.4. The van der Waals surface area contributed by atoms with E-state index in [0.717, 1.165) is 29.6 Å². The van der Waals surface area contributed by atoms with Gasteiger partial charge in [-0.1, -0.05) is 18.7 Å². The zero-order chi connectivity index (χ0) is 23.4. The SMILES string of the molecule is CC[C@H](C)N(CCNC(=O)c1ccc(NC2=N[C@H]3CS(=O)(=O)C[C@@H]3S2)cc1)Cc1ccco1. The summed E-state index contributed by atoms with van der Waals surface area (Å²) in [5, 5.41) is 6.97. The highest BCUT2D eigenvalue weighted by Gasteiger charge is 2.42. The number of carbonyl (C=O) groups excluding carboxylic acids is 1. The van der Waals surface area contributed by atoms with Gasteiger partial charge in [-0.25, -0.2) is 8.42 Å². The second-order valence-electron chi connectivity index (χ2n) is 8.50. The first-order valence-corrected chi connectivity index (χ1v) is 13.9. The Morgan fingerprint density at radius 1 is 1.27 bits per heavy atom. The molecule has 1 amide bonds. The Hall–Kier alpha value is -2.30. The molecule has 3 atom stereocenters. The Labute approximate surface area is 199 Å². The van der Waals surface area contributed by atoms with Crippen molar-refractivity contribution in [2.75, 3.05) is 29.9 Å². The summed E-state index contributed by atoms with van der Waals surface area (Å²) in [6.07, 6.45) is 2.70. The molecule has 1 aromatic carbocycles. The number of furan rings is 1. The first-order chi connectivity index (χ1) is 15.8. The van der Waals surface area contributed by atoms with Crippen LogP contribution in [-0.2, 0) is 16.4 Å². The molecular formula is C23H30N4O4S2. The normalized spacial score (nSPS) is 22.1. The number of aliphatic imine (C=N–C) groups is 1. The molecule has 2 aliphatic rings. The molecule has 0 radical (unpaired) electrons. The highest BCUT2D eigenvalue weighted by Crippen LogP contribution is 2.34. The van der Waals surface area contributed by atoms with E-state index in [4.69, 9.17) is 4.42 Å². The molecule has 2 aliphatic heterocycles. The number of nitrogens with zero attached hydrogens (tertiary/aromatic N) is 2. The molecule has 1 aromatic heterocycles. The van der Waals surface area contributed by atoms with E-state index >= 15 is 0 Å². The summed E-state index contributed by atoms with van der Waals surface area (Å²) in [5.41, 5.74) is 1.41. The van der Waals surface area contributed by atoms with Gasteiger partial charge < -0.3 is 15.1 Å². The lowest BCUT2D eigenvalue weighted by Gasteiger charge is -2.27. The van der Waals surface area contributed by atoms with Crippen molar-refractivity contribution in [3.63, 3.8) is 0 Å². The van der Waals surface area contributed by atoms with E-state index in [1.165, 1.54) is 11.8 Å². The van der Waals surface area contributed by atoms with Gasteiger partial charge in [-0.05, 0) is 49.7 Å². The largest absolute Gasteiger partial charge is 0.468 e. The average Bonchev–Trinajstić information content (AvgIpc) is 3.48. The summed E-state index contributed by atoms with van der Waals surface area (Å²) in [7, 11) is -2.96. The highest BCUT2D eigenvalue weighted by molar-refractivity contribution is 8.15. The van der Waals surface area contributed by atoms with Crippen LogP contribution in [0.4, 0.5) is 5.69 Å². The van der Waals surface area contributed by atoms with E-state index in [0.29, 0.717) is 24.7 Å². The van der Waals surface area contributed by atoms with Crippen molar-refractivity contribution in [1.82, 2.24) is 10.2 Å². The van der Waals surface area contributed by atoms with Crippen LogP contribution >= 0.6 is 11.8 Å². The zero-order valence-corrected chi connectivity index (χ0v) is 20.5. The van der Waals surface area contributed by atoms with Crippen molar-refractivity contribution >= 4 is 38.4 Å². The topological polar surface area (TPSA) is 104 Å². The molecule has 33 heavy (non-hydrogen) atoms. The number of hydrogen-bond acceptors (Lipinski definition) is 8. The van der Waals surface area contributed by atoms with E-state index in [-0.39, 0.29) is 28.7 Å². The van der Waals surface area contributed by atoms with E-state index in [2.05, 4.69) is 34.4 Å². The molecule has 3 heterocycles.